The number of nitriles is 2. The molecule has 9 rings (SSSR count). The fraction of sp³-hybridized carbons (Fsp3) is 0.615. The summed E-state index contributed by atoms with van der Waals surface area (Å²) in [5.74, 6) is 2.64. The Hall–Kier alpha value is -4.78. The van der Waals surface area contributed by atoms with E-state index in [0.29, 0.717) is 48.7 Å². The van der Waals surface area contributed by atoms with Gasteiger partial charge < -0.3 is 9.47 Å². The monoisotopic (exact) mass is 1770 g/mol. The van der Waals surface area contributed by atoms with Gasteiger partial charge in [0, 0.05) is 78.0 Å². The van der Waals surface area contributed by atoms with E-state index >= 15 is 0 Å². The van der Waals surface area contributed by atoms with Crippen molar-refractivity contribution in [2.45, 2.75) is 366 Å². The van der Waals surface area contributed by atoms with Crippen LogP contribution in [0.4, 0.5) is 0 Å². The molecule has 1 aliphatic heterocycles. The van der Waals surface area contributed by atoms with Gasteiger partial charge in [-0.1, -0.05) is 315 Å². The average Bonchev–Trinajstić information content (AvgIpc) is 1.54. The Morgan fingerprint density at radius 3 is 0.891 bits per heavy atom. The summed E-state index contributed by atoms with van der Waals surface area (Å²) < 4.78 is 11.5. The van der Waals surface area contributed by atoms with Crippen LogP contribution in [0.15, 0.2) is 71.8 Å². The van der Waals surface area contributed by atoms with Gasteiger partial charge in [-0.2, -0.15) is 10.5 Å². The molecule has 9 heterocycles. The van der Waals surface area contributed by atoms with Gasteiger partial charge in [0.2, 0.25) is 0 Å². The number of carbonyl (C=O) groups is 2. The highest BCUT2D eigenvalue weighted by Crippen LogP contribution is 2.55. The normalized spacial score (nSPS) is 15.1. The number of nitrogens with zero attached hydrogens (tertiary/aromatic N) is 2. The molecule has 15 heteroatoms. The molecule has 0 aliphatic carbocycles. The van der Waals surface area contributed by atoms with E-state index in [-0.39, 0.29) is 11.1 Å². The third-order valence-corrected chi connectivity index (χ3v) is 41.9. The van der Waals surface area contributed by atoms with Crippen LogP contribution < -0.4 is 10.4 Å². The fourth-order valence-electron chi connectivity index (χ4n) is 18.2. The largest absolute Gasteiger partial charge is 0.462 e. The van der Waals surface area contributed by atoms with Crippen LogP contribution in [-0.2, 0) is 44.7 Å². The number of fused-ring (bicyclic) bond motifs is 3. The molecule has 0 N–H and O–H groups in total. The number of rotatable bonds is 60. The predicted octanol–water partition coefficient (Wildman–Crippen LogP) is 34.8. The third kappa shape index (κ3) is 27.6. The minimum Gasteiger partial charge on any atom is -0.462 e. The van der Waals surface area contributed by atoms with Crippen molar-refractivity contribution in [2.24, 2.45) is 35.5 Å². The Kier molecular flexibility index (Phi) is 43.0. The summed E-state index contributed by atoms with van der Waals surface area (Å²) in [6, 6.07) is 32.3. The van der Waals surface area contributed by atoms with Gasteiger partial charge in [-0.3, -0.25) is 0 Å². The Morgan fingerprint density at radius 2 is 0.588 bits per heavy atom. The first kappa shape index (κ1) is 98.0. The molecule has 0 spiro atoms. The zero-order valence-electron chi connectivity index (χ0n) is 75.8. The van der Waals surface area contributed by atoms with Crippen molar-refractivity contribution in [1.82, 2.24) is 0 Å². The summed E-state index contributed by atoms with van der Waals surface area (Å²) in [6.45, 7) is 33.8. The molecule has 0 saturated heterocycles. The van der Waals surface area contributed by atoms with Crippen molar-refractivity contribution in [3.05, 3.63) is 104 Å². The first-order valence-corrected chi connectivity index (χ1v) is 56.6. The molecular weight excluding hydrogens is 1630 g/mol. The van der Waals surface area contributed by atoms with Crippen molar-refractivity contribution < 1.29 is 19.1 Å². The molecule has 0 fully saturated rings. The van der Waals surface area contributed by atoms with Gasteiger partial charge >= 0.3 is 11.9 Å². The number of hydrogen-bond donors (Lipinski definition) is 0. The lowest BCUT2D eigenvalue weighted by Gasteiger charge is -2.35. The van der Waals surface area contributed by atoms with Gasteiger partial charge in [-0.25, -0.2) is 9.59 Å². The molecule has 6 unspecified atom stereocenters. The summed E-state index contributed by atoms with van der Waals surface area (Å²) in [4.78, 5) is 48.6. The third-order valence-electron chi connectivity index (χ3n) is 25.9. The smallest absolute Gasteiger partial charge is 0.348 e. The number of hydrogen-bond acceptors (Lipinski definition) is 14. The Labute approximate surface area is 755 Å². The standard InChI is InChI=1S/C104H148N2O4S8Si/c1-15-29-37-39-41-43-55-109-103(107)83(69-105)63-85-61-79(57-73(23-9)45-31-17-3)97(111-85)87-51-53-89(113-87)99-81(59-75(25-11)47-33-19-5)65-91(115-99)93-67-95-101(117-93)102-96(119(95,71-77(27-13)49-35-21-7)72-78(28-14)50-36-22-8)68-94(118-102)92-66-82(60-76(26-12)48-34-20-6)100(116-92)90-54-52-88(114-90)98-80(58-74(24-10)46-32-18-4)62-86(112-98)64-84(70-106)104(108)110-56-44-42-40-38-30-16-2/h51-54,61-68,73-78H,15-50,55-60,71-72H2,1-14H3/b83-63+,84-64+. The Morgan fingerprint density at radius 1 is 0.319 bits per heavy atom. The van der Waals surface area contributed by atoms with E-state index in [1.807, 2.05) is 22.7 Å². The van der Waals surface area contributed by atoms with Crippen LogP contribution in [0.3, 0.4) is 0 Å². The van der Waals surface area contributed by atoms with E-state index < -0.39 is 20.0 Å². The minimum atomic E-state index is -2.45. The molecule has 1 aliphatic rings. The van der Waals surface area contributed by atoms with Crippen LogP contribution >= 0.6 is 90.7 Å². The van der Waals surface area contributed by atoms with Crippen molar-refractivity contribution in [1.29, 1.82) is 10.5 Å². The second-order valence-corrected chi connectivity index (χ2v) is 47.5. The van der Waals surface area contributed by atoms with E-state index in [9.17, 15) is 20.1 Å². The predicted molar refractivity (Wildman–Crippen MR) is 533 cm³/mol. The van der Waals surface area contributed by atoms with E-state index in [1.54, 1.807) is 55.0 Å². The summed E-state index contributed by atoms with van der Waals surface area (Å²) >= 11 is 15.8. The summed E-state index contributed by atoms with van der Waals surface area (Å²) in [7, 11) is -2.45. The second-order valence-electron chi connectivity index (χ2n) is 34.9. The van der Waals surface area contributed by atoms with E-state index in [2.05, 4.69) is 215 Å². The summed E-state index contributed by atoms with van der Waals surface area (Å²) in [6.07, 6.45) is 50.2. The molecule has 8 aromatic heterocycles. The maximum Gasteiger partial charge on any atom is 0.348 e. The first-order valence-electron chi connectivity index (χ1n) is 47.7. The maximum atomic E-state index is 13.6. The highest BCUT2D eigenvalue weighted by Gasteiger charge is 2.50. The number of ether oxygens (including phenoxy) is 2. The molecule has 650 valence electrons. The van der Waals surface area contributed by atoms with Crippen LogP contribution in [0, 0.1) is 58.2 Å². The Balaban J connectivity index is 1.17. The highest BCUT2D eigenvalue weighted by molar-refractivity contribution is 7.35. The molecule has 0 saturated carbocycles. The molecule has 8 aromatic rings. The van der Waals surface area contributed by atoms with Crippen molar-refractivity contribution >= 4 is 133 Å². The number of thiophene rings is 8. The molecule has 119 heavy (non-hydrogen) atoms. The maximum absolute atomic E-state index is 13.6. The lowest BCUT2D eigenvalue weighted by Crippen LogP contribution is -2.56. The van der Waals surface area contributed by atoms with Gasteiger partial charge in [0.15, 0.2) is 0 Å². The van der Waals surface area contributed by atoms with Crippen molar-refractivity contribution in [3.8, 4) is 80.4 Å². The molecule has 0 aromatic carbocycles. The first-order chi connectivity index (χ1) is 58.1. The van der Waals surface area contributed by atoms with Crippen LogP contribution in [0.2, 0.25) is 12.1 Å². The van der Waals surface area contributed by atoms with Crippen molar-refractivity contribution in [3.63, 3.8) is 0 Å². The van der Waals surface area contributed by atoms with E-state index in [1.165, 1.54) is 273 Å². The van der Waals surface area contributed by atoms with Crippen LogP contribution in [-0.4, -0.2) is 33.2 Å². The summed E-state index contributed by atoms with van der Waals surface area (Å²) in [5.41, 5.74) is 5.82. The van der Waals surface area contributed by atoms with Crippen LogP contribution in [0.5, 0.6) is 0 Å². The highest BCUT2D eigenvalue weighted by atomic mass is 32.1. The molecular formula is C104H148N2O4S8Si. The SMILES string of the molecule is CCCCCCCCOC(=O)/C(C#N)=C/c1cc(CC(CC)CCCC)c(-c2ccc(-c3sc(-c4cc5c(s4)-c4sc(-c6cc(CC(CC)CCCC)c(-c7ccc(-c8sc(/C=C(\C#N)C(=O)OCCCCCCCC)cc8CC(CC)CCCC)s7)s6)cc4[Si]5(CC(CC)CCCC)CC(CC)CCCC)cc3CC(CC)CCCC)s2)s1. The number of esters is 2. The number of unbranched alkanes of at least 4 members (excludes halogenated alkanes) is 16. The Bertz CT molecular complexity index is 4220. The van der Waals surface area contributed by atoms with Gasteiger partial charge in [-0.05, 0) is 192 Å². The van der Waals surface area contributed by atoms with Crippen molar-refractivity contribution in [2.75, 3.05) is 13.2 Å². The van der Waals surface area contributed by atoms with Gasteiger partial charge in [0.25, 0.3) is 0 Å². The molecule has 0 amide bonds. The zero-order valence-corrected chi connectivity index (χ0v) is 83.3. The van der Waals surface area contributed by atoms with Gasteiger partial charge in [0.1, 0.15) is 31.4 Å². The van der Waals surface area contributed by atoms with Crippen LogP contribution in [0.25, 0.3) is 80.4 Å². The minimum absolute atomic E-state index is 0.0809. The van der Waals surface area contributed by atoms with E-state index in [4.69, 9.17) is 9.47 Å². The molecule has 6 nitrogen and oxygen atoms in total. The zero-order chi connectivity index (χ0) is 85.1. The average molecular weight is 1770 g/mol. The lowest BCUT2D eigenvalue weighted by atomic mass is 9.91. The number of carbonyl (C=O) groups excluding carboxylic acids is 2. The molecule has 0 bridgehead atoms. The van der Waals surface area contributed by atoms with Crippen LogP contribution in [0.1, 0.15) is 360 Å². The molecule has 0 radical (unpaired) electrons. The second kappa shape index (κ2) is 52.2. The fourth-order valence-corrected chi connectivity index (χ4v) is 36.0. The van der Waals surface area contributed by atoms with Gasteiger partial charge in [-0.15, -0.1) is 90.7 Å². The summed E-state index contributed by atoms with van der Waals surface area (Å²) in [5, 5.41) is 24.5. The topological polar surface area (TPSA) is 100 Å². The van der Waals surface area contributed by atoms with E-state index in [0.717, 1.165) is 86.8 Å². The lowest BCUT2D eigenvalue weighted by molar-refractivity contribution is -0.139. The quantitative estimate of drug-likeness (QED) is 0.0124. The van der Waals surface area contributed by atoms with Gasteiger partial charge in [0.05, 0.1) is 13.2 Å². The molecule has 6 atom stereocenters.